The second kappa shape index (κ2) is 12.9. The fourth-order valence-corrected chi connectivity index (χ4v) is 1.85. The molecule has 0 bridgehead atoms. The number of esters is 2. The summed E-state index contributed by atoms with van der Waals surface area (Å²) in [6, 6.07) is 0. The number of unbranched alkanes of at least 4 members (excludes halogenated alkanes) is 1. The van der Waals surface area contributed by atoms with Gasteiger partial charge in [0.05, 0.1) is 13.2 Å². The molecule has 0 amide bonds. The maximum absolute atomic E-state index is 11.6. The van der Waals surface area contributed by atoms with E-state index in [1.807, 2.05) is 6.92 Å². The lowest BCUT2D eigenvalue weighted by atomic mass is 10.0. The molecule has 0 aliphatic heterocycles. The summed E-state index contributed by atoms with van der Waals surface area (Å²) in [6.07, 6.45) is 6.43. The lowest BCUT2D eigenvalue weighted by Crippen LogP contribution is -2.14. The Balaban J connectivity index is 3.64. The van der Waals surface area contributed by atoms with Crippen LogP contribution in [0.2, 0.25) is 0 Å². The van der Waals surface area contributed by atoms with Crippen LogP contribution in [0.1, 0.15) is 72.1 Å². The number of carbonyl (C=O) groups is 2. The van der Waals surface area contributed by atoms with Crippen LogP contribution in [0, 0.1) is 5.92 Å². The highest BCUT2D eigenvalue weighted by Gasteiger charge is 2.11. The lowest BCUT2D eigenvalue weighted by molar-refractivity contribution is -0.146. The van der Waals surface area contributed by atoms with Gasteiger partial charge in [-0.2, -0.15) is 0 Å². The van der Waals surface area contributed by atoms with Gasteiger partial charge in [-0.3, -0.25) is 9.59 Å². The molecule has 0 rings (SSSR count). The molecule has 0 saturated carbocycles. The van der Waals surface area contributed by atoms with Crippen molar-refractivity contribution >= 4 is 11.9 Å². The van der Waals surface area contributed by atoms with Gasteiger partial charge in [0.15, 0.2) is 0 Å². The molecule has 0 radical (unpaired) electrons. The molecule has 20 heavy (non-hydrogen) atoms. The van der Waals surface area contributed by atoms with Crippen LogP contribution < -0.4 is 0 Å². The van der Waals surface area contributed by atoms with Crippen molar-refractivity contribution in [2.75, 3.05) is 13.2 Å². The minimum Gasteiger partial charge on any atom is -0.466 e. The van der Waals surface area contributed by atoms with E-state index in [0.29, 0.717) is 38.4 Å². The summed E-state index contributed by atoms with van der Waals surface area (Å²) in [5, 5.41) is 0. The van der Waals surface area contributed by atoms with E-state index in [1.54, 1.807) is 0 Å². The monoisotopic (exact) mass is 286 g/mol. The lowest BCUT2D eigenvalue weighted by Gasteiger charge is -2.14. The fraction of sp³-hybridized carbons (Fsp3) is 0.875. The average molecular weight is 286 g/mol. The van der Waals surface area contributed by atoms with Crippen LogP contribution >= 0.6 is 0 Å². The van der Waals surface area contributed by atoms with Crippen molar-refractivity contribution in [3.05, 3.63) is 0 Å². The summed E-state index contributed by atoms with van der Waals surface area (Å²) in [4.78, 5) is 22.8. The summed E-state index contributed by atoms with van der Waals surface area (Å²) < 4.78 is 10.2. The minimum atomic E-state index is -0.228. The second-order valence-corrected chi connectivity index (χ2v) is 5.17. The Morgan fingerprint density at radius 3 is 2.10 bits per heavy atom. The Hall–Kier alpha value is -1.06. The Morgan fingerprint density at radius 2 is 1.55 bits per heavy atom. The molecule has 4 heteroatoms. The van der Waals surface area contributed by atoms with E-state index in [0.717, 1.165) is 19.3 Å². The SMILES string of the molecule is CCCCC(CC)COC(=O)CCCC(=O)OCCC. The molecular weight excluding hydrogens is 256 g/mol. The van der Waals surface area contributed by atoms with Gasteiger partial charge in [-0.15, -0.1) is 0 Å². The zero-order chi connectivity index (χ0) is 15.2. The molecule has 1 unspecified atom stereocenters. The first-order valence-electron chi connectivity index (χ1n) is 7.95. The molecule has 4 nitrogen and oxygen atoms in total. The van der Waals surface area contributed by atoms with Crippen molar-refractivity contribution in [1.29, 1.82) is 0 Å². The molecule has 0 N–H and O–H groups in total. The maximum Gasteiger partial charge on any atom is 0.305 e. The third kappa shape index (κ3) is 10.8. The Kier molecular flexibility index (Phi) is 12.3. The van der Waals surface area contributed by atoms with Gasteiger partial charge in [0.2, 0.25) is 0 Å². The Labute approximate surface area is 123 Å². The molecular formula is C16H30O4. The van der Waals surface area contributed by atoms with Crippen molar-refractivity contribution < 1.29 is 19.1 Å². The van der Waals surface area contributed by atoms with E-state index in [9.17, 15) is 9.59 Å². The molecule has 0 spiro atoms. The van der Waals surface area contributed by atoms with Crippen LogP contribution in [-0.4, -0.2) is 25.2 Å². The molecule has 0 aromatic carbocycles. The average Bonchev–Trinajstić information content (AvgIpc) is 2.45. The minimum absolute atomic E-state index is 0.205. The molecule has 1 atom stereocenters. The normalized spacial score (nSPS) is 11.9. The van der Waals surface area contributed by atoms with Gasteiger partial charge in [-0.05, 0) is 25.2 Å². The molecule has 0 aromatic heterocycles. The summed E-state index contributed by atoms with van der Waals surface area (Å²) in [7, 11) is 0. The summed E-state index contributed by atoms with van der Waals surface area (Å²) in [5.41, 5.74) is 0. The van der Waals surface area contributed by atoms with E-state index in [1.165, 1.54) is 12.8 Å². The van der Waals surface area contributed by atoms with Gasteiger partial charge in [-0.25, -0.2) is 0 Å². The van der Waals surface area contributed by atoms with Crippen molar-refractivity contribution in [3.63, 3.8) is 0 Å². The largest absolute Gasteiger partial charge is 0.466 e. The zero-order valence-electron chi connectivity index (χ0n) is 13.3. The van der Waals surface area contributed by atoms with Gasteiger partial charge < -0.3 is 9.47 Å². The number of carbonyl (C=O) groups excluding carboxylic acids is 2. The van der Waals surface area contributed by atoms with E-state index in [4.69, 9.17) is 9.47 Å². The highest BCUT2D eigenvalue weighted by Crippen LogP contribution is 2.13. The van der Waals surface area contributed by atoms with E-state index in [2.05, 4.69) is 13.8 Å². The highest BCUT2D eigenvalue weighted by molar-refractivity contribution is 5.72. The van der Waals surface area contributed by atoms with Crippen LogP contribution in [-0.2, 0) is 19.1 Å². The topological polar surface area (TPSA) is 52.6 Å². The van der Waals surface area contributed by atoms with Crippen LogP contribution in [0.15, 0.2) is 0 Å². The van der Waals surface area contributed by atoms with Gasteiger partial charge in [0.25, 0.3) is 0 Å². The first-order valence-corrected chi connectivity index (χ1v) is 7.95. The number of rotatable bonds is 12. The highest BCUT2D eigenvalue weighted by atomic mass is 16.5. The first kappa shape index (κ1) is 18.9. The van der Waals surface area contributed by atoms with Crippen molar-refractivity contribution in [1.82, 2.24) is 0 Å². The van der Waals surface area contributed by atoms with E-state index in [-0.39, 0.29) is 11.9 Å². The molecule has 0 fully saturated rings. The van der Waals surface area contributed by atoms with Crippen molar-refractivity contribution in [3.8, 4) is 0 Å². The standard InChI is InChI=1S/C16H30O4/c1-4-7-9-14(6-3)13-20-16(18)11-8-10-15(17)19-12-5-2/h14H,4-13H2,1-3H3. The summed E-state index contributed by atoms with van der Waals surface area (Å²) in [5.74, 6) is 0.0330. The van der Waals surface area contributed by atoms with Gasteiger partial charge in [0.1, 0.15) is 0 Å². The fourth-order valence-electron chi connectivity index (χ4n) is 1.85. The molecule has 0 saturated heterocycles. The Bertz CT molecular complexity index is 263. The maximum atomic E-state index is 11.6. The van der Waals surface area contributed by atoms with Gasteiger partial charge >= 0.3 is 11.9 Å². The first-order chi connectivity index (χ1) is 9.63. The van der Waals surface area contributed by atoms with E-state index < -0.39 is 0 Å². The Morgan fingerprint density at radius 1 is 0.900 bits per heavy atom. The predicted molar refractivity (Wildman–Crippen MR) is 79.4 cm³/mol. The number of ether oxygens (including phenoxy) is 2. The van der Waals surface area contributed by atoms with Gasteiger partial charge in [0, 0.05) is 12.8 Å². The van der Waals surface area contributed by atoms with Crippen molar-refractivity contribution in [2.24, 2.45) is 5.92 Å². The number of hydrogen-bond acceptors (Lipinski definition) is 4. The third-order valence-electron chi connectivity index (χ3n) is 3.25. The van der Waals surface area contributed by atoms with Gasteiger partial charge in [-0.1, -0.05) is 40.0 Å². The quantitative estimate of drug-likeness (QED) is 0.511. The summed E-state index contributed by atoms with van der Waals surface area (Å²) in [6.45, 7) is 7.20. The van der Waals surface area contributed by atoms with Crippen LogP contribution in [0.5, 0.6) is 0 Å². The van der Waals surface area contributed by atoms with Crippen molar-refractivity contribution in [2.45, 2.75) is 72.1 Å². The summed E-state index contributed by atoms with van der Waals surface area (Å²) >= 11 is 0. The zero-order valence-corrected chi connectivity index (χ0v) is 13.3. The smallest absolute Gasteiger partial charge is 0.305 e. The molecule has 0 aliphatic carbocycles. The van der Waals surface area contributed by atoms with Crippen LogP contribution in [0.3, 0.4) is 0 Å². The predicted octanol–water partition coefficient (Wildman–Crippen LogP) is 3.87. The number of hydrogen-bond donors (Lipinski definition) is 0. The molecule has 0 heterocycles. The second-order valence-electron chi connectivity index (χ2n) is 5.17. The molecule has 118 valence electrons. The third-order valence-corrected chi connectivity index (χ3v) is 3.25. The van der Waals surface area contributed by atoms with Crippen LogP contribution in [0.4, 0.5) is 0 Å². The van der Waals surface area contributed by atoms with Crippen LogP contribution in [0.25, 0.3) is 0 Å². The molecule has 0 aromatic rings. The van der Waals surface area contributed by atoms with E-state index >= 15 is 0 Å². The molecule has 0 aliphatic rings.